The third-order valence-electron chi connectivity index (χ3n) is 3.27. The van der Waals surface area contributed by atoms with Crippen molar-refractivity contribution in [2.45, 2.75) is 30.6 Å². The normalized spacial score (nSPS) is 15.0. The van der Waals surface area contributed by atoms with Gasteiger partial charge in [-0.2, -0.15) is 4.98 Å². The number of hydrogen-bond donors (Lipinski definition) is 1. The van der Waals surface area contributed by atoms with Crippen molar-refractivity contribution in [3.63, 3.8) is 0 Å². The lowest BCUT2D eigenvalue weighted by atomic mass is 10.2. The van der Waals surface area contributed by atoms with Gasteiger partial charge in [-0.25, -0.2) is 13.1 Å². The maximum atomic E-state index is 12.3. The molecule has 3 rings (SSSR count). The number of aromatic nitrogens is 2. The molecule has 112 valence electrons. The molecule has 1 aliphatic rings. The van der Waals surface area contributed by atoms with Crippen LogP contribution in [0.15, 0.2) is 27.6 Å². The Morgan fingerprint density at radius 2 is 2.14 bits per heavy atom. The van der Waals surface area contributed by atoms with Crippen molar-refractivity contribution in [1.82, 2.24) is 10.1 Å². The average molecular weight is 309 g/mol. The molecule has 0 bridgehead atoms. The number of hydrogen-bond acceptors (Lipinski definition) is 6. The SMILES string of the molecule is COc1ccc(S(=O)(=O)Nc2noc(C3CC3)n2)c(C)c1. The van der Waals surface area contributed by atoms with Crippen LogP contribution in [0.2, 0.25) is 0 Å². The van der Waals surface area contributed by atoms with Crippen LogP contribution in [-0.2, 0) is 10.0 Å². The van der Waals surface area contributed by atoms with E-state index in [0.717, 1.165) is 12.8 Å². The molecule has 1 aliphatic carbocycles. The molecule has 0 aliphatic heterocycles. The van der Waals surface area contributed by atoms with E-state index in [1.54, 1.807) is 19.1 Å². The van der Waals surface area contributed by atoms with Gasteiger partial charge in [0.05, 0.1) is 12.0 Å². The zero-order valence-electron chi connectivity index (χ0n) is 11.7. The number of nitrogens with one attached hydrogen (secondary N) is 1. The minimum absolute atomic E-state index is 0.0351. The highest BCUT2D eigenvalue weighted by atomic mass is 32.2. The Balaban J connectivity index is 1.85. The molecule has 21 heavy (non-hydrogen) atoms. The summed E-state index contributed by atoms with van der Waals surface area (Å²) >= 11 is 0. The van der Waals surface area contributed by atoms with Crippen molar-refractivity contribution in [1.29, 1.82) is 0 Å². The van der Waals surface area contributed by atoms with E-state index >= 15 is 0 Å². The quantitative estimate of drug-likeness (QED) is 0.908. The molecular weight excluding hydrogens is 294 g/mol. The second kappa shape index (κ2) is 5.03. The summed E-state index contributed by atoms with van der Waals surface area (Å²) in [6.45, 7) is 1.70. The minimum Gasteiger partial charge on any atom is -0.497 e. The van der Waals surface area contributed by atoms with E-state index in [1.165, 1.54) is 13.2 Å². The highest BCUT2D eigenvalue weighted by molar-refractivity contribution is 7.92. The molecular formula is C13H15N3O4S. The molecule has 1 saturated carbocycles. The first-order chi connectivity index (χ1) is 9.99. The van der Waals surface area contributed by atoms with Crippen LogP contribution in [0.5, 0.6) is 5.75 Å². The fourth-order valence-corrected chi connectivity index (χ4v) is 3.16. The minimum atomic E-state index is -3.75. The van der Waals surface area contributed by atoms with Crippen LogP contribution in [-0.4, -0.2) is 25.7 Å². The van der Waals surface area contributed by atoms with Crippen LogP contribution >= 0.6 is 0 Å². The average Bonchev–Trinajstić information content (AvgIpc) is 3.19. The number of benzene rings is 1. The van der Waals surface area contributed by atoms with Gasteiger partial charge in [0.2, 0.25) is 5.89 Å². The number of nitrogens with zero attached hydrogens (tertiary/aromatic N) is 2. The lowest BCUT2D eigenvalue weighted by Crippen LogP contribution is -2.15. The first kappa shape index (κ1) is 13.9. The Morgan fingerprint density at radius 1 is 1.38 bits per heavy atom. The molecule has 0 amide bonds. The molecule has 1 N–H and O–H groups in total. The van der Waals surface area contributed by atoms with E-state index in [-0.39, 0.29) is 16.8 Å². The van der Waals surface area contributed by atoms with Gasteiger partial charge in [-0.05, 0) is 48.7 Å². The lowest BCUT2D eigenvalue weighted by molar-refractivity contribution is 0.380. The number of sulfonamides is 1. The van der Waals surface area contributed by atoms with E-state index in [1.807, 2.05) is 0 Å². The Labute approximate surface area is 122 Å². The van der Waals surface area contributed by atoms with Gasteiger partial charge in [0.25, 0.3) is 16.0 Å². The smallest absolute Gasteiger partial charge is 0.277 e. The molecule has 0 spiro atoms. The van der Waals surface area contributed by atoms with Gasteiger partial charge in [-0.3, -0.25) is 0 Å². The molecule has 8 heteroatoms. The van der Waals surface area contributed by atoms with Crippen molar-refractivity contribution in [3.05, 3.63) is 29.7 Å². The summed E-state index contributed by atoms with van der Waals surface area (Å²) in [5, 5.41) is 3.65. The standard InChI is InChI=1S/C13H15N3O4S/c1-8-7-10(19-2)5-6-11(8)21(17,18)16-13-14-12(20-15-13)9-3-4-9/h5-7,9H,3-4H2,1-2H3,(H,15,16). The van der Waals surface area contributed by atoms with Gasteiger partial charge in [-0.15, -0.1) is 0 Å². The molecule has 1 aromatic carbocycles. The van der Waals surface area contributed by atoms with Crippen LogP contribution < -0.4 is 9.46 Å². The molecule has 1 heterocycles. The van der Waals surface area contributed by atoms with Crippen LogP contribution in [0.4, 0.5) is 5.95 Å². The predicted octanol–water partition coefficient (Wildman–Crippen LogP) is 2.06. The van der Waals surface area contributed by atoms with Crippen molar-refractivity contribution in [2.75, 3.05) is 11.8 Å². The molecule has 0 unspecified atom stereocenters. The van der Waals surface area contributed by atoms with Crippen molar-refractivity contribution < 1.29 is 17.7 Å². The van der Waals surface area contributed by atoms with Gasteiger partial charge in [0.15, 0.2) is 0 Å². The fraction of sp³-hybridized carbons (Fsp3) is 0.385. The summed E-state index contributed by atoms with van der Waals surface area (Å²) in [5.74, 6) is 1.33. The maximum Gasteiger partial charge on any atom is 0.277 e. The van der Waals surface area contributed by atoms with E-state index in [2.05, 4.69) is 14.9 Å². The lowest BCUT2D eigenvalue weighted by Gasteiger charge is -2.08. The number of anilines is 1. The van der Waals surface area contributed by atoms with Gasteiger partial charge in [0, 0.05) is 5.92 Å². The van der Waals surface area contributed by atoms with Crippen LogP contribution in [0.1, 0.15) is 30.2 Å². The highest BCUT2D eigenvalue weighted by Gasteiger charge is 2.30. The first-order valence-electron chi connectivity index (χ1n) is 6.50. The Kier molecular flexibility index (Phi) is 3.32. The van der Waals surface area contributed by atoms with Gasteiger partial charge < -0.3 is 9.26 Å². The summed E-state index contributed by atoms with van der Waals surface area (Å²) < 4.78 is 37.1. The van der Waals surface area contributed by atoms with E-state index < -0.39 is 10.0 Å². The van der Waals surface area contributed by atoms with Crippen LogP contribution in [0.3, 0.4) is 0 Å². The number of ether oxygens (including phenoxy) is 1. The fourth-order valence-electron chi connectivity index (χ4n) is 2.00. The molecule has 2 aromatic rings. The van der Waals surface area contributed by atoms with E-state index in [0.29, 0.717) is 17.2 Å². The summed E-state index contributed by atoms with van der Waals surface area (Å²) in [4.78, 5) is 4.21. The van der Waals surface area contributed by atoms with Gasteiger partial charge >= 0.3 is 0 Å². The van der Waals surface area contributed by atoms with Crippen LogP contribution in [0, 0.1) is 6.92 Å². The summed E-state index contributed by atoms with van der Waals surface area (Å²) in [6.07, 6.45) is 2.01. The number of aryl methyl sites for hydroxylation is 1. The maximum absolute atomic E-state index is 12.3. The predicted molar refractivity (Wildman–Crippen MR) is 74.8 cm³/mol. The third-order valence-corrected chi connectivity index (χ3v) is 4.75. The Hall–Kier alpha value is -2.09. The molecule has 1 fully saturated rings. The zero-order valence-corrected chi connectivity index (χ0v) is 12.5. The second-order valence-electron chi connectivity index (χ2n) is 4.97. The van der Waals surface area contributed by atoms with Crippen molar-refractivity contribution >= 4 is 16.0 Å². The molecule has 0 radical (unpaired) electrons. The molecule has 0 atom stereocenters. The van der Waals surface area contributed by atoms with Gasteiger partial charge in [-0.1, -0.05) is 0 Å². The second-order valence-corrected chi connectivity index (χ2v) is 6.62. The zero-order chi connectivity index (χ0) is 15.0. The summed E-state index contributed by atoms with van der Waals surface area (Å²) in [5.41, 5.74) is 0.577. The topological polar surface area (TPSA) is 94.3 Å². The monoisotopic (exact) mass is 309 g/mol. The number of methoxy groups -OCH3 is 1. The first-order valence-corrected chi connectivity index (χ1v) is 7.99. The number of rotatable bonds is 5. The highest BCUT2D eigenvalue weighted by Crippen LogP contribution is 2.39. The van der Waals surface area contributed by atoms with Gasteiger partial charge in [0.1, 0.15) is 5.75 Å². The largest absolute Gasteiger partial charge is 0.497 e. The van der Waals surface area contributed by atoms with Crippen molar-refractivity contribution in [3.8, 4) is 5.75 Å². The molecule has 1 aromatic heterocycles. The van der Waals surface area contributed by atoms with E-state index in [9.17, 15) is 8.42 Å². The van der Waals surface area contributed by atoms with E-state index in [4.69, 9.17) is 9.26 Å². The third kappa shape index (κ3) is 2.85. The summed E-state index contributed by atoms with van der Waals surface area (Å²) in [7, 11) is -2.22. The molecule has 0 saturated heterocycles. The molecule has 7 nitrogen and oxygen atoms in total. The summed E-state index contributed by atoms with van der Waals surface area (Å²) in [6, 6.07) is 4.73. The Bertz CT molecular complexity index is 765. The van der Waals surface area contributed by atoms with Crippen LogP contribution in [0.25, 0.3) is 0 Å². The Morgan fingerprint density at radius 3 is 2.76 bits per heavy atom. The van der Waals surface area contributed by atoms with Crippen molar-refractivity contribution in [2.24, 2.45) is 0 Å².